The lowest BCUT2D eigenvalue weighted by atomic mass is 10.1. The molecule has 0 fully saturated rings. The molecule has 0 spiro atoms. The van der Waals surface area contributed by atoms with E-state index in [0.29, 0.717) is 10.0 Å². The highest BCUT2D eigenvalue weighted by molar-refractivity contribution is 7.17. The fourth-order valence-electron chi connectivity index (χ4n) is 1.53. The van der Waals surface area contributed by atoms with Crippen molar-refractivity contribution in [3.63, 3.8) is 0 Å². The number of hydrogen-bond acceptors (Lipinski definition) is 2. The molecule has 1 aromatic carbocycles. The number of nitrogens with two attached hydrogens (primary N) is 1. The van der Waals surface area contributed by atoms with Crippen LogP contribution in [0.25, 0.3) is 11.1 Å². The van der Waals surface area contributed by atoms with Gasteiger partial charge >= 0.3 is 0 Å². The number of hydrogen-bond donors (Lipinski definition) is 1. The van der Waals surface area contributed by atoms with Gasteiger partial charge in [0.15, 0.2) is 0 Å². The maximum atomic E-state index is 13.1. The third-order valence-electron chi connectivity index (χ3n) is 2.19. The lowest BCUT2D eigenvalue weighted by Crippen LogP contribution is -1.88. The molecule has 4 heteroatoms. The van der Waals surface area contributed by atoms with Crippen molar-refractivity contribution in [1.82, 2.24) is 0 Å². The van der Waals surface area contributed by atoms with E-state index >= 15 is 0 Å². The van der Waals surface area contributed by atoms with Gasteiger partial charge < -0.3 is 5.73 Å². The van der Waals surface area contributed by atoms with E-state index in [1.807, 2.05) is 13.0 Å². The van der Waals surface area contributed by atoms with Gasteiger partial charge in [-0.3, -0.25) is 0 Å². The van der Waals surface area contributed by atoms with Crippen molar-refractivity contribution in [2.24, 2.45) is 0 Å². The van der Waals surface area contributed by atoms with Crippen molar-refractivity contribution in [2.75, 3.05) is 5.73 Å². The molecule has 2 N–H and O–H groups in total. The first-order valence-corrected chi connectivity index (χ1v) is 5.59. The summed E-state index contributed by atoms with van der Waals surface area (Å²) in [5, 5.41) is 0. The molecule has 1 aromatic heterocycles. The highest BCUT2D eigenvalue weighted by atomic mass is 35.5. The van der Waals surface area contributed by atoms with E-state index in [2.05, 4.69) is 0 Å². The van der Waals surface area contributed by atoms with Gasteiger partial charge in [0.05, 0.1) is 5.69 Å². The van der Waals surface area contributed by atoms with Crippen LogP contribution in [0.15, 0.2) is 24.3 Å². The van der Waals surface area contributed by atoms with E-state index in [9.17, 15) is 4.39 Å². The molecule has 0 saturated heterocycles. The Labute approximate surface area is 96.3 Å². The number of nitrogen functional groups attached to an aromatic ring is 1. The largest absolute Gasteiger partial charge is 0.396 e. The van der Waals surface area contributed by atoms with Gasteiger partial charge in [0.1, 0.15) is 10.2 Å². The summed E-state index contributed by atoms with van der Waals surface area (Å²) in [6, 6.07) is 6.35. The van der Waals surface area contributed by atoms with E-state index < -0.39 is 0 Å². The first-order valence-electron chi connectivity index (χ1n) is 4.40. The van der Waals surface area contributed by atoms with Crippen LogP contribution in [-0.4, -0.2) is 0 Å². The first kappa shape index (κ1) is 10.5. The SMILES string of the molecule is Cc1sc(Cl)c(N)c1-c1cccc(F)c1. The van der Waals surface area contributed by atoms with Crippen molar-refractivity contribution in [1.29, 1.82) is 0 Å². The van der Waals surface area contributed by atoms with Crippen molar-refractivity contribution in [3.05, 3.63) is 39.3 Å². The zero-order valence-corrected chi connectivity index (χ0v) is 9.62. The second-order valence-electron chi connectivity index (χ2n) is 3.23. The zero-order chi connectivity index (χ0) is 11.0. The number of thiophene rings is 1. The Morgan fingerprint density at radius 1 is 1.40 bits per heavy atom. The highest BCUT2D eigenvalue weighted by Crippen LogP contribution is 2.41. The molecule has 0 unspecified atom stereocenters. The third-order valence-corrected chi connectivity index (χ3v) is 3.53. The predicted octanol–water partition coefficient (Wildman–Crippen LogP) is 4.10. The number of benzene rings is 1. The van der Waals surface area contributed by atoms with Crippen LogP contribution in [-0.2, 0) is 0 Å². The summed E-state index contributed by atoms with van der Waals surface area (Å²) in [5.74, 6) is -0.270. The van der Waals surface area contributed by atoms with Crippen LogP contribution in [0.1, 0.15) is 4.88 Å². The van der Waals surface area contributed by atoms with Crippen LogP contribution in [0.3, 0.4) is 0 Å². The molecule has 0 aliphatic heterocycles. The molecule has 0 bridgehead atoms. The van der Waals surface area contributed by atoms with Crippen LogP contribution in [0.5, 0.6) is 0 Å². The minimum absolute atomic E-state index is 0.270. The lowest BCUT2D eigenvalue weighted by Gasteiger charge is -2.02. The smallest absolute Gasteiger partial charge is 0.123 e. The van der Waals surface area contributed by atoms with E-state index in [4.69, 9.17) is 17.3 Å². The van der Waals surface area contributed by atoms with Crippen molar-refractivity contribution < 1.29 is 4.39 Å². The fourth-order valence-corrected chi connectivity index (χ4v) is 2.78. The monoisotopic (exact) mass is 241 g/mol. The Morgan fingerprint density at radius 2 is 2.13 bits per heavy atom. The minimum atomic E-state index is -0.270. The Balaban J connectivity index is 2.63. The van der Waals surface area contributed by atoms with E-state index in [1.165, 1.54) is 23.5 Å². The van der Waals surface area contributed by atoms with E-state index in [1.54, 1.807) is 6.07 Å². The maximum absolute atomic E-state index is 13.1. The van der Waals surface area contributed by atoms with Gasteiger partial charge in [-0.1, -0.05) is 23.7 Å². The molecule has 78 valence electrons. The normalized spacial score (nSPS) is 10.6. The molecule has 0 radical (unpaired) electrons. The molecule has 0 aliphatic carbocycles. The molecule has 1 nitrogen and oxygen atoms in total. The van der Waals surface area contributed by atoms with Crippen molar-refractivity contribution in [3.8, 4) is 11.1 Å². The molecule has 2 rings (SSSR count). The molecule has 15 heavy (non-hydrogen) atoms. The minimum Gasteiger partial charge on any atom is -0.396 e. The van der Waals surface area contributed by atoms with Gasteiger partial charge in [-0.2, -0.15) is 0 Å². The third kappa shape index (κ3) is 1.85. The second-order valence-corrected chi connectivity index (χ2v) is 5.06. The number of anilines is 1. The second kappa shape index (κ2) is 3.83. The summed E-state index contributed by atoms with van der Waals surface area (Å²) < 4.78 is 13.6. The molecular formula is C11H9ClFNS. The Morgan fingerprint density at radius 3 is 2.67 bits per heavy atom. The van der Waals surface area contributed by atoms with Gasteiger partial charge in [-0.15, -0.1) is 11.3 Å². The molecule has 0 amide bonds. The zero-order valence-electron chi connectivity index (χ0n) is 8.05. The van der Waals surface area contributed by atoms with Gasteiger partial charge in [-0.05, 0) is 24.6 Å². The molecule has 1 heterocycles. The standard InChI is InChI=1S/C11H9ClFNS/c1-6-9(10(14)11(12)15-6)7-3-2-4-8(13)5-7/h2-5H,14H2,1H3. The summed E-state index contributed by atoms with van der Waals surface area (Å²) in [4.78, 5) is 1.00. The number of aryl methyl sites for hydroxylation is 1. The van der Waals surface area contributed by atoms with Crippen LogP contribution >= 0.6 is 22.9 Å². The lowest BCUT2D eigenvalue weighted by molar-refractivity contribution is 0.628. The topological polar surface area (TPSA) is 26.0 Å². The van der Waals surface area contributed by atoms with Crippen LogP contribution in [0.4, 0.5) is 10.1 Å². The fraction of sp³-hybridized carbons (Fsp3) is 0.0909. The van der Waals surface area contributed by atoms with Gasteiger partial charge in [0.2, 0.25) is 0 Å². The summed E-state index contributed by atoms with van der Waals surface area (Å²) in [7, 11) is 0. The Bertz CT molecular complexity index is 507. The average molecular weight is 242 g/mol. The maximum Gasteiger partial charge on any atom is 0.123 e. The first-order chi connectivity index (χ1) is 7.09. The van der Waals surface area contributed by atoms with Crippen LogP contribution < -0.4 is 5.73 Å². The quantitative estimate of drug-likeness (QED) is 0.799. The average Bonchev–Trinajstić information content (AvgIpc) is 2.41. The number of rotatable bonds is 1. The van der Waals surface area contributed by atoms with Crippen molar-refractivity contribution >= 4 is 28.6 Å². The Hall–Kier alpha value is -1.06. The van der Waals surface area contributed by atoms with Gasteiger partial charge in [-0.25, -0.2) is 4.39 Å². The number of halogens is 2. The molecule has 0 saturated carbocycles. The summed E-state index contributed by atoms with van der Waals surface area (Å²) >= 11 is 7.34. The van der Waals surface area contributed by atoms with Crippen LogP contribution in [0.2, 0.25) is 4.34 Å². The van der Waals surface area contributed by atoms with E-state index in [0.717, 1.165) is 16.0 Å². The predicted molar refractivity (Wildman–Crippen MR) is 63.9 cm³/mol. The summed E-state index contributed by atoms with van der Waals surface area (Å²) in [5.41, 5.74) is 7.98. The summed E-state index contributed by atoms with van der Waals surface area (Å²) in [6.45, 7) is 1.92. The van der Waals surface area contributed by atoms with Gasteiger partial charge in [0, 0.05) is 10.4 Å². The van der Waals surface area contributed by atoms with Crippen molar-refractivity contribution in [2.45, 2.75) is 6.92 Å². The summed E-state index contributed by atoms with van der Waals surface area (Å²) in [6.07, 6.45) is 0. The molecule has 0 aliphatic rings. The van der Waals surface area contributed by atoms with E-state index in [-0.39, 0.29) is 5.82 Å². The van der Waals surface area contributed by atoms with Gasteiger partial charge in [0.25, 0.3) is 0 Å². The highest BCUT2D eigenvalue weighted by Gasteiger charge is 2.13. The molecule has 2 aromatic rings. The van der Waals surface area contributed by atoms with Crippen LogP contribution in [0, 0.1) is 12.7 Å². The molecule has 0 atom stereocenters. The molecular weight excluding hydrogens is 233 g/mol. The Kier molecular flexibility index (Phi) is 2.67.